The Morgan fingerprint density at radius 3 is 1.74 bits per heavy atom. The molecule has 43 heavy (non-hydrogen) atoms. The second kappa shape index (κ2) is 8.54. The number of benzene rings is 6. The highest BCUT2D eigenvalue weighted by atomic mass is 32.1. The van der Waals surface area contributed by atoms with E-state index in [2.05, 4.69) is 149 Å². The first-order valence-electron chi connectivity index (χ1n) is 14.6. The molecule has 6 aromatic carbocycles. The molecule has 0 saturated heterocycles. The minimum Gasteiger partial charge on any atom is -0.309 e. The molecular formula is C39H23N3S. The van der Waals surface area contributed by atoms with Crippen molar-refractivity contribution < 1.29 is 0 Å². The molecule has 4 aromatic heterocycles. The van der Waals surface area contributed by atoms with Gasteiger partial charge in [-0.1, -0.05) is 97.1 Å². The third kappa shape index (κ3) is 3.05. The highest BCUT2D eigenvalue weighted by Gasteiger charge is 2.23. The molecule has 10 rings (SSSR count). The van der Waals surface area contributed by atoms with E-state index in [1.54, 1.807) is 0 Å². The molecule has 0 N–H and O–H groups in total. The summed E-state index contributed by atoms with van der Waals surface area (Å²) in [6.07, 6.45) is 0. The molecule has 0 bridgehead atoms. The molecule has 200 valence electrons. The van der Waals surface area contributed by atoms with Crippen LogP contribution in [0.25, 0.3) is 86.2 Å². The number of hydrogen-bond acceptors (Lipinski definition) is 2. The zero-order chi connectivity index (χ0) is 28.1. The average molecular weight is 566 g/mol. The number of pyridine rings is 1. The molecule has 0 spiro atoms. The van der Waals surface area contributed by atoms with Gasteiger partial charge in [-0.25, -0.2) is 4.98 Å². The van der Waals surface area contributed by atoms with Crippen LogP contribution in [0.15, 0.2) is 140 Å². The van der Waals surface area contributed by atoms with E-state index < -0.39 is 0 Å². The maximum atomic E-state index is 5.22. The summed E-state index contributed by atoms with van der Waals surface area (Å²) in [6, 6.07) is 50.4. The number of hydrogen-bond donors (Lipinski definition) is 0. The van der Waals surface area contributed by atoms with Crippen LogP contribution in [0, 0.1) is 0 Å². The van der Waals surface area contributed by atoms with E-state index >= 15 is 0 Å². The van der Waals surface area contributed by atoms with Crippen LogP contribution in [0.3, 0.4) is 0 Å². The smallest absolute Gasteiger partial charge is 0.0917 e. The summed E-state index contributed by atoms with van der Waals surface area (Å²) in [5.74, 6) is 0. The van der Waals surface area contributed by atoms with Crippen LogP contribution in [0.1, 0.15) is 0 Å². The largest absolute Gasteiger partial charge is 0.309 e. The molecule has 4 heteroatoms. The van der Waals surface area contributed by atoms with Gasteiger partial charge >= 0.3 is 0 Å². The Bertz CT molecular complexity index is 2690. The lowest BCUT2D eigenvalue weighted by atomic mass is 10.1. The number of thiophene rings is 1. The zero-order valence-corrected chi connectivity index (χ0v) is 23.8. The van der Waals surface area contributed by atoms with Gasteiger partial charge in [0.25, 0.3) is 0 Å². The summed E-state index contributed by atoms with van der Waals surface area (Å²) >= 11 is 1.84. The summed E-state index contributed by atoms with van der Waals surface area (Å²) in [4.78, 5) is 5.22. The minimum atomic E-state index is 1.01. The first kappa shape index (κ1) is 23.1. The van der Waals surface area contributed by atoms with Gasteiger partial charge in [0.2, 0.25) is 0 Å². The van der Waals surface area contributed by atoms with Crippen molar-refractivity contribution in [1.29, 1.82) is 0 Å². The van der Waals surface area contributed by atoms with E-state index in [0.29, 0.717) is 0 Å². The Balaban J connectivity index is 1.43. The van der Waals surface area contributed by atoms with Crippen molar-refractivity contribution in [1.82, 2.24) is 14.1 Å². The van der Waals surface area contributed by atoms with Crippen molar-refractivity contribution in [3.63, 3.8) is 0 Å². The van der Waals surface area contributed by atoms with Gasteiger partial charge in [-0.3, -0.25) is 0 Å². The minimum absolute atomic E-state index is 1.01. The van der Waals surface area contributed by atoms with E-state index in [-0.39, 0.29) is 0 Å². The first-order chi connectivity index (χ1) is 21.4. The van der Waals surface area contributed by atoms with Gasteiger partial charge in [-0.15, -0.1) is 11.3 Å². The van der Waals surface area contributed by atoms with Gasteiger partial charge in [0.05, 0.1) is 49.2 Å². The van der Waals surface area contributed by atoms with Crippen LogP contribution in [-0.4, -0.2) is 14.1 Å². The topological polar surface area (TPSA) is 22.8 Å². The van der Waals surface area contributed by atoms with Crippen LogP contribution in [-0.2, 0) is 0 Å². The van der Waals surface area contributed by atoms with Gasteiger partial charge in [0.1, 0.15) is 0 Å². The molecule has 0 amide bonds. The molecule has 0 radical (unpaired) electrons. The third-order valence-corrected chi connectivity index (χ3v) is 10.1. The van der Waals surface area contributed by atoms with Gasteiger partial charge in [-0.05, 0) is 42.5 Å². The van der Waals surface area contributed by atoms with Gasteiger partial charge in [0.15, 0.2) is 0 Å². The van der Waals surface area contributed by atoms with Crippen LogP contribution in [0.5, 0.6) is 0 Å². The Hall–Kier alpha value is -5.45. The molecule has 0 aliphatic rings. The fraction of sp³-hybridized carbons (Fsp3) is 0. The van der Waals surface area contributed by atoms with Crippen molar-refractivity contribution in [2.45, 2.75) is 0 Å². The van der Waals surface area contributed by atoms with Crippen molar-refractivity contribution in [2.24, 2.45) is 0 Å². The quantitative estimate of drug-likeness (QED) is 0.204. The van der Waals surface area contributed by atoms with E-state index in [9.17, 15) is 0 Å². The molecule has 0 unspecified atom stereocenters. The summed E-state index contributed by atoms with van der Waals surface area (Å²) < 4.78 is 7.41. The van der Waals surface area contributed by atoms with E-state index in [0.717, 1.165) is 16.4 Å². The molecule has 0 fully saturated rings. The second-order valence-electron chi connectivity index (χ2n) is 11.1. The number of aromatic nitrogens is 3. The zero-order valence-electron chi connectivity index (χ0n) is 23.0. The van der Waals surface area contributed by atoms with Crippen LogP contribution >= 0.6 is 11.3 Å². The number of rotatable bonds is 2. The molecule has 0 saturated carbocycles. The summed E-state index contributed by atoms with van der Waals surface area (Å²) in [6.45, 7) is 0. The summed E-state index contributed by atoms with van der Waals surface area (Å²) in [5.41, 5.74) is 9.29. The monoisotopic (exact) mass is 565 g/mol. The predicted molar refractivity (Wildman–Crippen MR) is 183 cm³/mol. The lowest BCUT2D eigenvalue weighted by Gasteiger charge is -2.14. The maximum Gasteiger partial charge on any atom is 0.0917 e. The van der Waals surface area contributed by atoms with Crippen LogP contribution in [0.4, 0.5) is 0 Å². The Morgan fingerprint density at radius 1 is 0.442 bits per heavy atom. The first-order valence-corrected chi connectivity index (χ1v) is 15.4. The van der Waals surface area contributed by atoms with Crippen LogP contribution in [0.2, 0.25) is 0 Å². The average Bonchev–Trinajstić information content (AvgIpc) is 3.72. The molecule has 0 aliphatic heterocycles. The Labute approximate surface area is 250 Å². The maximum absolute atomic E-state index is 5.22. The normalized spacial score (nSPS) is 12.2. The van der Waals surface area contributed by atoms with Gasteiger partial charge in [-0.2, -0.15) is 0 Å². The van der Waals surface area contributed by atoms with Crippen molar-refractivity contribution in [3.8, 4) is 11.4 Å². The molecule has 0 aliphatic carbocycles. The fourth-order valence-electron chi connectivity index (χ4n) is 7.15. The summed E-state index contributed by atoms with van der Waals surface area (Å²) in [7, 11) is 0. The lowest BCUT2D eigenvalue weighted by Crippen LogP contribution is -1.98. The van der Waals surface area contributed by atoms with E-state index in [1.165, 1.54) is 69.8 Å². The number of para-hydroxylation sites is 4. The molecule has 0 atom stereocenters. The SMILES string of the molecule is c1ccc2c(-n3c4ccccc4c4c(-n5c6ccccc6c6ccccc65)cccc43)c3sc4ccccc4c3nc2c1. The van der Waals surface area contributed by atoms with Crippen molar-refractivity contribution >= 4 is 86.2 Å². The molecular weight excluding hydrogens is 543 g/mol. The Kier molecular flexibility index (Phi) is 4.60. The van der Waals surface area contributed by atoms with Crippen molar-refractivity contribution in [3.05, 3.63) is 140 Å². The number of nitrogens with zero attached hydrogens (tertiary/aromatic N) is 3. The Morgan fingerprint density at radius 2 is 1.00 bits per heavy atom. The molecule has 4 heterocycles. The number of fused-ring (bicyclic) bond motifs is 10. The highest BCUT2D eigenvalue weighted by molar-refractivity contribution is 7.26. The van der Waals surface area contributed by atoms with E-state index in [4.69, 9.17) is 4.98 Å². The third-order valence-electron chi connectivity index (χ3n) is 8.90. The lowest BCUT2D eigenvalue weighted by molar-refractivity contribution is 1.19. The van der Waals surface area contributed by atoms with Gasteiger partial charge in [0, 0.05) is 37.0 Å². The fourth-order valence-corrected chi connectivity index (χ4v) is 8.34. The molecule has 3 nitrogen and oxygen atoms in total. The summed E-state index contributed by atoms with van der Waals surface area (Å²) in [5, 5.41) is 7.40. The predicted octanol–water partition coefficient (Wildman–Crippen LogP) is 10.8. The van der Waals surface area contributed by atoms with Gasteiger partial charge < -0.3 is 9.13 Å². The second-order valence-corrected chi connectivity index (χ2v) is 12.2. The highest BCUT2D eigenvalue weighted by Crippen LogP contribution is 2.45. The van der Waals surface area contributed by atoms with Crippen molar-refractivity contribution in [2.75, 3.05) is 0 Å². The standard InChI is InChI=1S/C39H23N3S/c1-6-17-29-26(14-1)38(39-37(40-29)28-16-5-10-23-35(28)43-39)42-32-20-9-4-15-27(32)36-33(21-11-22-34(36)42)41-30-18-7-2-12-24(30)25-13-3-8-19-31(25)41/h1-23H. The van der Waals surface area contributed by atoms with E-state index in [1.807, 2.05) is 11.3 Å². The van der Waals surface area contributed by atoms with Crippen LogP contribution < -0.4 is 0 Å². The molecule has 10 aromatic rings.